The number of hydrogen-bond donors (Lipinski definition) is 1. The Bertz CT molecular complexity index is 1100. The van der Waals surface area contributed by atoms with Gasteiger partial charge in [-0.25, -0.2) is 4.68 Å². The Morgan fingerprint density at radius 2 is 1.68 bits per heavy atom. The maximum absolute atomic E-state index is 13.4. The molecule has 0 saturated carbocycles. The molecule has 8 heteroatoms. The molecule has 1 saturated heterocycles. The number of amides is 2. The average molecular weight is 425 g/mol. The van der Waals surface area contributed by atoms with Crippen molar-refractivity contribution in [2.75, 3.05) is 26.7 Å². The molecule has 164 valence electrons. The fourth-order valence-corrected chi connectivity index (χ4v) is 4.31. The first-order chi connectivity index (χ1) is 14.8. The van der Waals surface area contributed by atoms with Crippen LogP contribution in [0.5, 0.6) is 5.75 Å². The fourth-order valence-electron chi connectivity index (χ4n) is 4.31. The lowest BCUT2D eigenvalue weighted by atomic mass is 10.0. The van der Waals surface area contributed by atoms with Gasteiger partial charge in [0.15, 0.2) is 0 Å². The molecular weight excluding hydrogens is 396 g/mol. The van der Waals surface area contributed by atoms with Crippen LogP contribution in [0.25, 0.3) is 11.3 Å². The van der Waals surface area contributed by atoms with E-state index in [-0.39, 0.29) is 34.4 Å². The summed E-state index contributed by atoms with van der Waals surface area (Å²) in [6, 6.07) is 7.06. The molecule has 1 N–H and O–H groups in total. The second-order valence-corrected chi connectivity index (χ2v) is 8.48. The van der Waals surface area contributed by atoms with Gasteiger partial charge in [-0.15, -0.1) is 0 Å². The number of ether oxygens (including phenoxy) is 1. The molecule has 2 amide bonds. The molecule has 1 fully saturated rings. The van der Waals surface area contributed by atoms with Crippen LogP contribution < -0.4 is 10.3 Å². The van der Waals surface area contributed by atoms with Gasteiger partial charge in [-0.2, -0.15) is 0 Å². The molecule has 0 unspecified atom stereocenters. The number of aromatic nitrogens is 2. The van der Waals surface area contributed by atoms with Gasteiger partial charge in [0.2, 0.25) is 0 Å². The Morgan fingerprint density at radius 1 is 1.03 bits per heavy atom. The van der Waals surface area contributed by atoms with Gasteiger partial charge >= 0.3 is 0 Å². The van der Waals surface area contributed by atoms with Crippen molar-refractivity contribution in [3.63, 3.8) is 0 Å². The summed E-state index contributed by atoms with van der Waals surface area (Å²) in [5, 5.41) is 3.07. The number of carbonyl (C=O) groups is 2. The van der Waals surface area contributed by atoms with Crippen molar-refractivity contribution >= 4 is 17.4 Å². The van der Waals surface area contributed by atoms with Crippen molar-refractivity contribution < 1.29 is 14.3 Å². The van der Waals surface area contributed by atoms with E-state index in [1.165, 1.54) is 9.58 Å². The predicted molar refractivity (Wildman–Crippen MR) is 117 cm³/mol. The van der Waals surface area contributed by atoms with Crippen LogP contribution in [-0.4, -0.2) is 58.1 Å². The number of benzene rings is 1. The number of aromatic amines is 1. The van der Waals surface area contributed by atoms with Crippen molar-refractivity contribution in [3.8, 4) is 11.4 Å². The van der Waals surface area contributed by atoms with Gasteiger partial charge < -0.3 is 9.64 Å². The first-order valence-electron chi connectivity index (χ1n) is 10.6. The molecule has 2 aliphatic heterocycles. The molecule has 0 radical (unpaired) electrons. The summed E-state index contributed by atoms with van der Waals surface area (Å²) >= 11 is 0. The zero-order chi connectivity index (χ0) is 22.3. The number of likely N-dealkylation sites (tertiary alicyclic amines) is 1. The van der Waals surface area contributed by atoms with E-state index in [0.29, 0.717) is 42.5 Å². The normalized spacial score (nSPS) is 16.9. The Morgan fingerprint density at radius 3 is 2.26 bits per heavy atom. The minimum Gasteiger partial charge on any atom is -0.497 e. The third-order valence-electron chi connectivity index (χ3n) is 5.77. The molecule has 4 rings (SSSR count). The van der Waals surface area contributed by atoms with Crippen molar-refractivity contribution in [1.29, 1.82) is 0 Å². The molecule has 31 heavy (non-hydrogen) atoms. The van der Waals surface area contributed by atoms with Crippen molar-refractivity contribution in [2.24, 2.45) is 5.92 Å². The summed E-state index contributed by atoms with van der Waals surface area (Å²) in [6.45, 7) is 7.44. The highest BCUT2D eigenvalue weighted by molar-refractivity contribution is 6.35. The van der Waals surface area contributed by atoms with Crippen molar-refractivity contribution in [3.05, 3.63) is 51.6 Å². The van der Waals surface area contributed by atoms with Crippen LogP contribution in [-0.2, 0) is 9.59 Å². The van der Waals surface area contributed by atoms with Crippen LogP contribution in [0.3, 0.4) is 0 Å². The Kier molecular flexibility index (Phi) is 5.47. The Balaban J connectivity index is 1.85. The van der Waals surface area contributed by atoms with E-state index in [1.807, 2.05) is 18.7 Å². The fraction of sp³-hybridized carbons (Fsp3) is 0.435. The zero-order valence-electron chi connectivity index (χ0n) is 18.4. The van der Waals surface area contributed by atoms with Crippen LogP contribution in [0.4, 0.5) is 0 Å². The van der Waals surface area contributed by atoms with Crippen molar-refractivity contribution in [2.45, 2.75) is 33.6 Å². The number of aryl methyl sites for hydroxylation is 1. The molecule has 8 nitrogen and oxygen atoms in total. The molecule has 1 aromatic carbocycles. The van der Waals surface area contributed by atoms with Gasteiger partial charge in [0.25, 0.3) is 17.4 Å². The van der Waals surface area contributed by atoms with Gasteiger partial charge in [-0.1, -0.05) is 13.8 Å². The minimum atomic E-state index is -0.387. The number of rotatable bonds is 6. The summed E-state index contributed by atoms with van der Waals surface area (Å²) in [5.74, 6) is 0.129. The molecule has 2 aromatic rings. The maximum atomic E-state index is 13.4. The van der Waals surface area contributed by atoms with E-state index in [4.69, 9.17) is 4.74 Å². The van der Waals surface area contributed by atoms with E-state index in [0.717, 1.165) is 12.8 Å². The second kappa shape index (κ2) is 8.09. The molecular formula is C23H28N4O4. The first-order valence-corrected chi connectivity index (χ1v) is 10.6. The lowest BCUT2D eigenvalue weighted by molar-refractivity contribution is -0.138. The smallest absolute Gasteiger partial charge is 0.279 e. The Labute approximate surface area is 181 Å². The molecule has 0 spiro atoms. The first kappa shape index (κ1) is 21.0. The van der Waals surface area contributed by atoms with E-state index < -0.39 is 0 Å². The number of methoxy groups -OCH3 is 1. The maximum Gasteiger partial charge on any atom is 0.279 e. The largest absolute Gasteiger partial charge is 0.497 e. The SMILES string of the molecule is COc1ccc(-n2[nH]c(C)c(C3=C(N4CCCC4)C(=O)N(CC(C)C)C3=O)c2=O)cc1. The van der Waals surface area contributed by atoms with Crippen LogP contribution in [0.2, 0.25) is 0 Å². The monoisotopic (exact) mass is 424 g/mol. The van der Waals surface area contributed by atoms with E-state index in [1.54, 1.807) is 38.3 Å². The molecule has 3 heterocycles. The topological polar surface area (TPSA) is 87.6 Å². The van der Waals surface area contributed by atoms with Crippen molar-refractivity contribution in [1.82, 2.24) is 19.6 Å². The van der Waals surface area contributed by atoms with E-state index >= 15 is 0 Å². The molecule has 2 aliphatic rings. The lowest BCUT2D eigenvalue weighted by Crippen LogP contribution is -2.37. The molecule has 0 aliphatic carbocycles. The average Bonchev–Trinajstić information content (AvgIpc) is 3.42. The lowest BCUT2D eigenvalue weighted by Gasteiger charge is -2.21. The van der Waals surface area contributed by atoms with E-state index in [2.05, 4.69) is 5.10 Å². The number of nitrogens with one attached hydrogen (secondary N) is 1. The molecule has 1 aromatic heterocycles. The quantitative estimate of drug-likeness (QED) is 0.719. The highest BCUT2D eigenvalue weighted by Gasteiger charge is 2.44. The summed E-state index contributed by atoms with van der Waals surface area (Å²) in [7, 11) is 1.58. The standard InChI is InChI=1S/C23H28N4O4/c1-14(2)13-26-21(28)19(20(23(26)30)25-11-5-6-12-25)18-15(3)24-27(22(18)29)16-7-9-17(31-4)10-8-16/h7-10,14,24H,5-6,11-13H2,1-4H3. The van der Waals surface area contributed by atoms with Gasteiger partial charge in [0.05, 0.1) is 23.9 Å². The molecule has 0 atom stereocenters. The minimum absolute atomic E-state index is 0.135. The second-order valence-electron chi connectivity index (χ2n) is 8.48. The molecule has 0 bridgehead atoms. The van der Waals surface area contributed by atoms with Gasteiger partial charge in [0, 0.05) is 25.3 Å². The van der Waals surface area contributed by atoms with Crippen LogP contribution in [0.15, 0.2) is 34.8 Å². The van der Waals surface area contributed by atoms with Crippen LogP contribution >= 0.6 is 0 Å². The van der Waals surface area contributed by atoms with Gasteiger partial charge in [0.1, 0.15) is 11.4 Å². The number of nitrogens with zero attached hydrogens (tertiary/aromatic N) is 3. The third-order valence-corrected chi connectivity index (χ3v) is 5.77. The summed E-state index contributed by atoms with van der Waals surface area (Å²) in [4.78, 5) is 43.3. The summed E-state index contributed by atoms with van der Waals surface area (Å²) in [5.41, 5.74) is 1.69. The number of hydrogen-bond acceptors (Lipinski definition) is 5. The number of imide groups is 1. The number of H-pyrrole nitrogens is 1. The summed E-state index contributed by atoms with van der Waals surface area (Å²) < 4.78 is 6.59. The van der Waals surface area contributed by atoms with E-state index in [9.17, 15) is 14.4 Å². The predicted octanol–water partition coefficient (Wildman–Crippen LogP) is 2.31. The Hall–Kier alpha value is -3.29. The third kappa shape index (κ3) is 3.56. The zero-order valence-corrected chi connectivity index (χ0v) is 18.4. The highest BCUT2D eigenvalue weighted by atomic mass is 16.5. The van der Waals surface area contributed by atoms with Crippen LogP contribution in [0.1, 0.15) is 37.9 Å². The number of carbonyl (C=O) groups excluding carboxylic acids is 2. The van der Waals surface area contributed by atoms with Crippen LogP contribution in [0, 0.1) is 12.8 Å². The highest BCUT2D eigenvalue weighted by Crippen LogP contribution is 2.33. The van der Waals surface area contributed by atoms with Gasteiger partial charge in [-0.3, -0.25) is 24.4 Å². The van der Waals surface area contributed by atoms with Gasteiger partial charge in [-0.05, 0) is 49.9 Å². The summed E-state index contributed by atoms with van der Waals surface area (Å²) in [6.07, 6.45) is 1.93.